The van der Waals surface area contributed by atoms with Crippen LogP contribution in [0.3, 0.4) is 0 Å². The van der Waals surface area contributed by atoms with Gasteiger partial charge in [-0.15, -0.1) is 0 Å². The van der Waals surface area contributed by atoms with Crippen LogP contribution in [0.25, 0.3) is 0 Å². The zero-order chi connectivity index (χ0) is 14.3. The first-order valence-electron chi connectivity index (χ1n) is 8.43. The molecule has 3 atom stereocenters. The monoisotopic (exact) mass is 393 g/mol. The summed E-state index contributed by atoms with van der Waals surface area (Å²) in [6, 6.07) is 10.1. The van der Waals surface area contributed by atoms with E-state index in [2.05, 4.69) is 61.9 Å². The van der Waals surface area contributed by atoms with E-state index in [9.17, 15) is 0 Å². The van der Waals surface area contributed by atoms with Crippen LogP contribution in [0.15, 0.2) is 34.4 Å². The van der Waals surface area contributed by atoms with Crippen LogP contribution in [0.2, 0.25) is 0 Å². The number of benzene rings is 1. The van der Waals surface area contributed by atoms with Gasteiger partial charge in [0.15, 0.2) is 0 Å². The van der Waals surface area contributed by atoms with Crippen LogP contribution in [0.5, 0.6) is 0 Å². The summed E-state index contributed by atoms with van der Waals surface area (Å²) in [5.74, 6) is 0.900. The van der Waals surface area contributed by atoms with Crippen molar-refractivity contribution >= 4 is 22.6 Å². The largest absolute Gasteiger partial charge is 0.296 e. The highest BCUT2D eigenvalue weighted by atomic mass is 127. The molecule has 1 heterocycles. The Bertz CT molecular complexity index is 552. The third-order valence-corrected chi connectivity index (χ3v) is 6.80. The van der Waals surface area contributed by atoms with Crippen molar-refractivity contribution in [3.63, 3.8) is 0 Å². The van der Waals surface area contributed by atoms with Gasteiger partial charge in [-0.05, 0) is 53.4 Å². The van der Waals surface area contributed by atoms with E-state index >= 15 is 0 Å². The SMILES string of the molecule is I/C=C\CN1CC[C@]23CCCC[C@H]2[C@H]1Cc1ccccc13. The number of halogens is 1. The van der Waals surface area contributed by atoms with Gasteiger partial charge in [0, 0.05) is 18.0 Å². The van der Waals surface area contributed by atoms with Crippen molar-refractivity contribution in [2.75, 3.05) is 13.1 Å². The fourth-order valence-electron chi connectivity index (χ4n) is 5.45. The maximum absolute atomic E-state index is 2.76. The summed E-state index contributed by atoms with van der Waals surface area (Å²) in [6.07, 6.45) is 10.7. The Morgan fingerprint density at radius 3 is 3.05 bits per heavy atom. The van der Waals surface area contributed by atoms with Crippen molar-refractivity contribution < 1.29 is 0 Å². The van der Waals surface area contributed by atoms with Crippen LogP contribution in [0.1, 0.15) is 43.2 Å². The second-order valence-electron chi connectivity index (χ2n) is 7.04. The van der Waals surface area contributed by atoms with Crippen LogP contribution in [-0.2, 0) is 11.8 Å². The second-order valence-corrected chi connectivity index (χ2v) is 7.76. The van der Waals surface area contributed by atoms with Gasteiger partial charge in [0.2, 0.25) is 0 Å². The van der Waals surface area contributed by atoms with Crippen LogP contribution in [-0.4, -0.2) is 24.0 Å². The van der Waals surface area contributed by atoms with Crippen molar-refractivity contribution in [2.45, 2.75) is 50.0 Å². The van der Waals surface area contributed by atoms with Crippen LogP contribution in [0, 0.1) is 5.92 Å². The van der Waals surface area contributed by atoms with Gasteiger partial charge in [-0.1, -0.05) is 65.8 Å². The Kier molecular flexibility index (Phi) is 3.86. The van der Waals surface area contributed by atoms with Gasteiger partial charge in [-0.2, -0.15) is 0 Å². The first-order valence-corrected chi connectivity index (χ1v) is 9.67. The Morgan fingerprint density at radius 1 is 1.24 bits per heavy atom. The fourth-order valence-corrected chi connectivity index (χ4v) is 5.68. The summed E-state index contributed by atoms with van der Waals surface area (Å²) in [4.78, 5) is 2.76. The third kappa shape index (κ3) is 2.21. The van der Waals surface area contributed by atoms with Gasteiger partial charge in [0.25, 0.3) is 0 Å². The predicted octanol–water partition coefficient (Wildman–Crippen LogP) is 4.69. The Hall–Kier alpha value is -0.350. The molecule has 0 N–H and O–H groups in total. The van der Waals surface area contributed by atoms with Gasteiger partial charge in [-0.3, -0.25) is 4.90 Å². The number of hydrogen-bond acceptors (Lipinski definition) is 1. The molecule has 1 saturated carbocycles. The number of piperidine rings is 1. The minimum atomic E-state index is 0.516. The molecular weight excluding hydrogens is 369 g/mol. The molecule has 2 heteroatoms. The number of likely N-dealkylation sites (tertiary alicyclic amines) is 1. The first-order chi connectivity index (χ1) is 10.3. The third-order valence-electron chi connectivity index (χ3n) is 6.29. The molecule has 1 aromatic carbocycles. The van der Waals surface area contributed by atoms with Crippen LogP contribution >= 0.6 is 22.6 Å². The van der Waals surface area contributed by atoms with Crippen molar-refractivity contribution in [1.82, 2.24) is 4.90 Å². The summed E-state index contributed by atoms with van der Waals surface area (Å²) in [7, 11) is 0. The maximum Gasteiger partial charge on any atom is 0.0176 e. The van der Waals surface area contributed by atoms with E-state index < -0.39 is 0 Å². The molecule has 21 heavy (non-hydrogen) atoms. The van der Waals surface area contributed by atoms with E-state index in [1.807, 2.05) is 0 Å². The first kappa shape index (κ1) is 14.3. The Balaban J connectivity index is 1.76. The Labute approximate surface area is 141 Å². The molecule has 2 aliphatic carbocycles. The zero-order valence-electron chi connectivity index (χ0n) is 12.6. The van der Waals surface area contributed by atoms with Gasteiger partial charge in [0.1, 0.15) is 0 Å². The average Bonchev–Trinajstić information content (AvgIpc) is 2.54. The molecule has 1 aromatic rings. The van der Waals surface area contributed by atoms with E-state index in [4.69, 9.17) is 0 Å². The van der Waals surface area contributed by atoms with Crippen molar-refractivity contribution in [2.24, 2.45) is 5.92 Å². The minimum absolute atomic E-state index is 0.516. The molecule has 2 bridgehead atoms. The molecule has 0 radical (unpaired) electrons. The highest BCUT2D eigenvalue weighted by molar-refractivity contribution is 14.1. The van der Waals surface area contributed by atoms with E-state index in [1.165, 1.54) is 45.1 Å². The quantitative estimate of drug-likeness (QED) is 0.659. The second kappa shape index (κ2) is 5.69. The van der Waals surface area contributed by atoms with E-state index in [0.717, 1.165) is 18.5 Å². The normalized spacial score (nSPS) is 35.5. The molecule has 2 fully saturated rings. The number of hydrogen-bond donors (Lipinski definition) is 0. The lowest BCUT2D eigenvalue weighted by Gasteiger charge is -2.59. The predicted molar refractivity (Wildman–Crippen MR) is 96.9 cm³/mol. The summed E-state index contributed by atoms with van der Waals surface area (Å²) < 4.78 is 2.18. The Morgan fingerprint density at radius 2 is 2.14 bits per heavy atom. The standard InChI is InChI=1S/C19H24IN/c20-11-5-12-21-13-10-19-9-4-3-8-17(19)18(21)14-15-6-1-2-7-16(15)19/h1-2,5-7,11,17-18H,3-4,8-10,12-14H2/b11-5-/t17-,18+,19-/m0/s1. The summed E-state index contributed by atoms with van der Waals surface area (Å²) >= 11 is 2.35. The summed E-state index contributed by atoms with van der Waals surface area (Å²) in [6.45, 7) is 2.43. The van der Waals surface area contributed by atoms with Crippen molar-refractivity contribution in [3.8, 4) is 0 Å². The average molecular weight is 393 g/mol. The minimum Gasteiger partial charge on any atom is -0.296 e. The molecule has 0 amide bonds. The molecule has 3 aliphatic rings. The number of fused-ring (bicyclic) bond motifs is 1. The highest BCUT2D eigenvalue weighted by Crippen LogP contribution is 2.55. The highest BCUT2D eigenvalue weighted by Gasteiger charge is 2.53. The molecule has 1 saturated heterocycles. The number of rotatable bonds is 2. The van der Waals surface area contributed by atoms with Gasteiger partial charge in [-0.25, -0.2) is 0 Å². The van der Waals surface area contributed by atoms with Gasteiger partial charge in [0.05, 0.1) is 0 Å². The molecule has 1 nitrogen and oxygen atoms in total. The van der Waals surface area contributed by atoms with E-state index in [0.29, 0.717) is 5.41 Å². The molecule has 4 rings (SSSR count). The molecule has 112 valence electrons. The fraction of sp³-hybridized carbons (Fsp3) is 0.579. The lowest BCUT2D eigenvalue weighted by Crippen LogP contribution is -2.60. The van der Waals surface area contributed by atoms with Crippen LogP contribution < -0.4 is 0 Å². The molecule has 1 aliphatic heterocycles. The maximum atomic E-state index is 2.76. The molecule has 0 spiro atoms. The topological polar surface area (TPSA) is 3.24 Å². The lowest BCUT2D eigenvalue weighted by molar-refractivity contribution is -0.00506. The molecule has 0 unspecified atom stereocenters. The van der Waals surface area contributed by atoms with Crippen LogP contribution in [0.4, 0.5) is 0 Å². The lowest BCUT2D eigenvalue weighted by atomic mass is 9.52. The van der Waals surface area contributed by atoms with Crippen molar-refractivity contribution in [3.05, 3.63) is 45.6 Å². The van der Waals surface area contributed by atoms with Gasteiger partial charge >= 0.3 is 0 Å². The van der Waals surface area contributed by atoms with E-state index in [-0.39, 0.29) is 0 Å². The number of nitrogens with zero attached hydrogens (tertiary/aromatic N) is 1. The smallest absolute Gasteiger partial charge is 0.0176 e. The summed E-state index contributed by atoms with van der Waals surface area (Å²) in [5, 5.41) is 0. The zero-order valence-corrected chi connectivity index (χ0v) is 14.8. The molecule has 0 aromatic heterocycles. The van der Waals surface area contributed by atoms with Gasteiger partial charge < -0.3 is 0 Å². The molecular formula is C19H24IN. The summed E-state index contributed by atoms with van der Waals surface area (Å²) in [5.41, 5.74) is 3.88. The van der Waals surface area contributed by atoms with E-state index in [1.54, 1.807) is 11.1 Å². The van der Waals surface area contributed by atoms with Crippen molar-refractivity contribution in [1.29, 1.82) is 0 Å².